The van der Waals surface area contributed by atoms with Crippen molar-refractivity contribution in [2.24, 2.45) is 0 Å². The summed E-state index contributed by atoms with van der Waals surface area (Å²) in [7, 11) is 0. The van der Waals surface area contributed by atoms with Crippen molar-refractivity contribution in [1.82, 2.24) is 14.8 Å². The van der Waals surface area contributed by atoms with Crippen molar-refractivity contribution in [1.29, 1.82) is 0 Å². The number of aryl methyl sites for hydroxylation is 2. The van der Waals surface area contributed by atoms with E-state index in [1.165, 1.54) is 0 Å². The number of nitrogens with zero attached hydrogens (tertiary/aromatic N) is 3. The zero-order valence-electron chi connectivity index (χ0n) is 9.24. The molecule has 4 nitrogen and oxygen atoms in total. The third-order valence-corrected chi connectivity index (χ3v) is 2.80. The van der Waals surface area contributed by atoms with Gasteiger partial charge in [-0.05, 0) is 25.5 Å². The zero-order valence-corrected chi connectivity index (χ0v) is 9.99. The van der Waals surface area contributed by atoms with E-state index < -0.39 is 0 Å². The lowest BCUT2D eigenvalue weighted by Crippen LogP contribution is -2.03. The van der Waals surface area contributed by atoms with Crippen molar-refractivity contribution in [3.05, 3.63) is 29.0 Å². The second kappa shape index (κ2) is 4.14. The van der Waals surface area contributed by atoms with Crippen LogP contribution in [0.4, 0.5) is 5.82 Å². The van der Waals surface area contributed by atoms with Crippen molar-refractivity contribution in [2.45, 2.75) is 20.4 Å². The molecular weight excluding hydrogens is 224 g/mol. The molecule has 0 fully saturated rings. The third kappa shape index (κ3) is 1.65. The molecule has 0 aliphatic heterocycles. The molecule has 2 aromatic rings. The number of rotatable bonds is 2. The minimum Gasteiger partial charge on any atom is -0.383 e. The lowest BCUT2D eigenvalue weighted by atomic mass is 10.1. The molecule has 0 aliphatic carbocycles. The Bertz CT molecular complexity index is 498. The number of hydrogen-bond acceptors (Lipinski definition) is 3. The molecule has 2 heterocycles. The smallest absolute Gasteiger partial charge is 0.133 e. The maximum Gasteiger partial charge on any atom is 0.133 e. The number of nitrogen functional groups attached to an aromatic ring is 1. The predicted molar refractivity (Wildman–Crippen MR) is 65.3 cm³/mol. The van der Waals surface area contributed by atoms with Gasteiger partial charge >= 0.3 is 0 Å². The van der Waals surface area contributed by atoms with Crippen molar-refractivity contribution in [2.75, 3.05) is 5.73 Å². The van der Waals surface area contributed by atoms with Crippen LogP contribution in [0.3, 0.4) is 0 Å². The lowest BCUT2D eigenvalue weighted by Gasteiger charge is -2.10. The fourth-order valence-electron chi connectivity index (χ4n) is 1.74. The Morgan fingerprint density at radius 2 is 2.25 bits per heavy atom. The van der Waals surface area contributed by atoms with Gasteiger partial charge in [-0.1, -0.05) is 11.6 Å². The molecule has 0 unspecified atom stereocenters. The fraction of sp³-hybridized carbons (Fsp3) is 0.273. The Morgan fingerprint density at radius 1 is 1.50 bits per heavy atom. The van der Waals surface area contributed by atoms with Gasteiger partial charge in [0, 0.05) is 18.3 Å². The highest BCUT2D eigenvalue weighted by Crippen LogP contribution is 2.33. The van der Waals surface area contributed by atoms with E-state index in [1.807, 2.05) is 24.6 Å². The van der Waals surface area contributed by atoms with E-state index in [9.17, 15) is 0 Å². The van der Waals surface area contributed by atoms with E-state index >= 15 is 0 Å². The molecule has 5 heteroatoms. The second-order valence-electron chi connectivity index (χ2n) is 3.54. The van der Waals surface area contributed by atoms with E-state index in [2.05, 4.69) is 10.1 Å². The average molecular weight is 237 g/mol. The molecule has 2 aromatic heterocycles. The van der Waals surface area contributed by atoms with Gasteiger partial charge in [0.2, 0.25) is 0 Å². The molecule has 16 heavy (non-hydrogen) atoms. The van der Waals surface area contributed by atoms with Crippen molar-refractivity contribution in [3.8, 4) is 11.3 Å². The molecule has 84 valence electrons. The summed E-state index contributed by atoms with van der Waals surface area (Å²) in [5, 5.41) is 4.80. The SMILES string of the molecule is CCn1ncc(Cl)c1-c1c(C)ccnc1N. The summed E-state index contributed by atoms with van der Waals surface area (Å²) in [5.41, 5.74) is 8.65. The van der Waals surface area contributed by atoms with Gasteiger partial charge in [-0.2, -0.15) is 5.10 Å². The lowest BCUT2D eigenvalue weighted by molar-refractivity contribution is 0.667. The second-order valence-corrected chi connectivity index (χ2v) is 3.95. The van der Waals surface area contributed by atoms with Crippen molar-refractivity contribution >= 4 is 17.4 Å². The minimum absolute atomic E-state index is 0.483. The Kier molecular flexibility index (Phi) is 2.83. The Morgan fingerprint density at radius 3 is 2.88 bits per heavy atom. The Labute approximate surface area is 99.1 Å². The first-order valence-corrected chi connectivity index (χ1v) is 5.45. The molecule has 0 saturated carbocycles. The van der Waals surface area contributed by atoms with Crippen LogP contribution in [0.2, 0.25) is 5.02 Å². The van der Waals surface area contributed by atoms with Crippen LogP contribution < -0.4 is 5.73 Å². The van der Waals surface area contributed by atoms with Crippen molar-refractivity contribution < 1.29 is 0 Å². The van der Waals surface area contributed by atoms with E-state index in [-0.39, 0.29) is 0 Å². The van der Waals surface area contributed by atoms with Crippen molar-refractivity contribution in [3.63, 3.8) is 0 Å². The van der Waals surface area contributed by atoms with Crippen LogP contribution in [0.5, 0.6) is 0 Å². The third-order valence-electron chi connectivity index (χ3n) is 2.52. The summed E-state index contributed by atoms with van der Waals surface area (Å²) in [6, 6.07) is 1.91. The molecule has 2 N–H and O–H groups in total. The predicted octanol–water partition coefficient (Wildman–Crippen LogP) is 2.51. The first-order chi connectivity index (χ1) is 7.65. The summed E-state index contributed by atoms with van der Waals surface area (Å²) >= 11 is 6.14. The summed E-state index contributed by atoms with van der Waals surface area (Å²) in [4.78, 5) is 4.09. The number of hydrogen-bond donors (Lipinski definition) is 1. The van der Waals surface area contributed by atoms with Gasteiger partial charge in [0.05, 0.1) is 16.9 Å². The van der Waals surface area contributed by atoms with Gasteiger partial charge in [-0.3, -0.25) is 4.68 Å². The molecule has 0 amide bonds. The van der Waals surface area contributed by atoms with Gasteiger partial charge in [-0.25, -0.2) is 4.98 Å². The number of pyridine rings is 1. The summed E-state index contributed by atoms with van der Waals surface area (Å²) < 4.78 is 1.82. The van der Waals surface area contributed by atoms with E-state index in [4.69, 9.17) is 17.3 Å². The highest BCUT2D eigenvalue weighted by atomic mass is 35.5. The normalized spacial score (nSPS) is 10.7. The number of halogens is 1. The fourth-order valence-corrected chi connectivity index (χ4v) is 1.97. The average Bonchev–Trinajstić information content (AvgIpc) is 2.60. The van der Waals surface area contributed by atoms with Crippen LogP contribution >= 0.6 is 11.6 Å². The molecule has 0 radical (unpaired) electrons. The van der Waals surface area contributed by atoms with Crippen LogP contribution in [0.1, 0.15) is 12.5 Å². The highest BCUT2D eigenvalue weighted by Gasteiger charge is 2.15. The Balaban J connectivity index is 2.71. The highest BCUT2D eigenvalue weighted by molar-refractivity contribution is 6.33. The molecule has 0 atom stereocenters. The molecule has 0 aromatic carbocycles. The molecule has 0 aliphatic rings. The first-order valence-electron chi connectivity index (χ1n) is 5.08. The van der Waals surface area contributed by atoms with E-state index in [1.54, 1.807) is 12.4 Å². The van der Waals surface area contributed by atoms with Crippen LogP contribution in [0.25, 0.3) is 11.3 Å². The maximum absolute atomic E-state index is 6.14. The molecule has 0 saturated heterocycles. The standard InChI is InChI=1S/C11H13ClN4/c1-3-16-10(8(12)6-15-16)9-7(2)4-5-14-11(9)13/h4-6H,3H2,1-2H3,(H2,13,14). The summed E-state index contributed by atoms with van der Waals surface area (Å²) in [5.74, 6) is 0.483. The van der Waals surface area contributed by atoms with Crippen LogP contribution in [-0.4, -0.2) is 14.8 Å². The first kappa shape index (κ1) is 11.0. The topological polar surface area (TPSA) is 56.7 Å². The van der Waals surface area contributed by atoms with Gasteiger partial charge in [0.1, 0.15) is 5.82 Å². The maximum atomic E-state index is 6.14. The van der Waals surface area contributed by atoms with Gasteiger partial charge < -0.3 is 5.73 Å². The van der Waals surface area contributed by atoms with Gasteiger partial charge in [-0.15, -0.1) is 0 Å². The van der Waals surface area contributed by atoms with Crippen LogP contribution in [-0.2, 0) is 6.54 Å². The monoisotopic (exact) mass is 236 g/mol. The van der Waals surface area contributed by atoms with Crippen LogP contribution in [0, 0.1) is 6.92 Å². The molecule has 2 rings (SSSR count). The minimum atomic E-state index is 0.483. The van der Waals surface area contributed by atoms with E-state index in [0.717, 1.165) is 23.4 Å². The molecular formula is C11H13ClN4. The van der Waals surface area contributed by atoms with Gasteiger partial charge in [0.25, 0.3) is 0 Å². The van der Waals surface area contributed by atoms with Crippen LogP contribution in [0.15, 0.2) is 18.5 Å². The molecule has 0 bridgehead atoms. The number of nitrogens with two attached hydrogens (primary N) is 1. The largest absolute Gasteiger partial charge is 0.383 e. The molecule has 0 spiro atoms. The summed E-state index contributed by atoms with van der Waals surface area (Å²) in [6.07, 6.45) is 3.32. The summed E-state index contributed by atoms with van der Waals surface area (Å²) in [6.45, 7) is 4.74. The quantitative estimate of drug-likeness (QED) is 0.872. The number of anilines is 1. The Hall–Kier alpha value is -1.55. The van der Waals surface area contributed by atoms with E-state index in [0.29, 0.717) is 10.8 Å². The zero-order chi connectivity index (χ0) is 11.7. The number of aromatic nitrogens is 3. The van der Waals surface area contributed by atoms with Gasteiger partial charge in [0.15, 0.2) is 0 Å².